The lowest BCUT2D eigenvalue weighted by molar-refractivity contribution is 0.0299. The third-order valence-corrected chi connectivity index (χ3v) is 7.82. The van der Waals surface area contributed by atoms with Gasteiger partial charge in [-0.2, -0.15) is 0 Å². The van der Waals surface area contributed by atoms with E-state index in [0.717, 1.165) is 30.0 Å². The first kappa shape index (κ1) is 22.4. The monoisotopic (exact) mass is 460 g/mol. The van der Waals surface area contributed by atoms with Gasteiger partial charge in [0.15, 0.2) is 0 Å². The maximum atomic E-state index is 13.4. The molecule has 5 rings (SSSR count). The lowest BCUT2D eigenvalue weighted by atomic mass is 9.57. The molecule has 1 aliphatic heterocycles. The van der Waals surface area contributed by atoms with Crippen LogP contribution < -0.4 is 15.8 Å². The average Bonchev–Trinajstić information content (AvgIpc) is 3.15. The summed E-state index contributed by atoms with van der Waals surface area (Å²) in [6.45, 7) is 12.3. The summed E-state index contributed by atoms with van der Waals surface area (Å²) in [6, 6.07) is 8.63. The minimum Gasteiger partial charge on any atom is -0.478 e. The molecule has 3 atom stereocenters. The van der Waals surface area contributed by atoms with Gasteiger partial charge < -0.3 is 15.3 Å². The van der Waals surface area contributed by atoms with Crippen LogP contribution in [-0.4, -0.2) is 33.6 Å². The molecule has 1 aliphatic carbocycles. The number of nitrogens with zero attached hydrogens (tertiary/aromatic N) is 3. The van der Waals surface area contributed by atoms with E-state index < -0.39 is 5.97 Å². The quantitative estimate of drug-likeness (QED) is 0.576. The maximum Gasteiger partial charge on any atom is 0.337 e. The Morgan fingerprint density at radius 3 is 2.65 bits per heavy atom. The van der Waals surface area contributed by atoms with Crippen LogP contribution >= 0.6 is 0 Å². The van der Waals surface area contributed by atoms with E-state index in [1.807, 2.05) is 39.1 Å². The first-order valence-electron chi connectivity index (χ1n) is 11.9. The van der Waals surface area contributed by atoms with Crippen molar-refractivity contribution in [1.82, 2.24) is 9.38 Å². The predicted molar refractivity (Wildman–Crippen MR) is 134 cm³/mol. The fourth-order valence-corrected chi connectivity index (χ4v) is 6.02. The van der Waals surface area contributed by atoms with Crippen molar-refractivity contribution in [2.24, 2.45) is 17.3 Å². The summed E-state index contributed by atoms with van der Waals surface area (Å²) < 4.78 is 1.64. The van der Waals surface area contributed by atoms with Gasteiger partial charge in [-0.15, -0.1) is 0 Å². The molecule has 1 saturated heterocycles. The van der Waals surface area contributed by atoms with Crippen LogP contribution in [0, 0.1) is 31.1 Å². The molecule has 0 spiro atoms. The second-order valence-corrected chi connectivity index (χ2v) is 10.7. The topological polar surface area (TPSA) is 86.9 Å². The van der Waals surface area contributed by atoms with Gasteiger partial charge in [0, 0.05) is 30.5 Å². The van der Waals surface area contributed by atoms with Gasteiger partial charge >= 0.3 is 5.97 Å². The molecule has 1 saturated carbocycles. The van der Waals surface area contributed by atoms with Crippen molar-refractivity contribution in [2.45, 2.75) is 47.1 Å². The van der Waals surface area contributed by atoms with E-state index in [2.05, 4.69) is 24.1 Å². The third kappa shape index (κ3) is 3.54. The van der Waals surface area contributed by atoms with E-state index in [1.165, 1.54) is 6.42 Å². The van der Waals surface area contributed by atoms with Gasteiger partial charge in [-0.25, -0.2) is 9.78 Å². The molecule has 2 fully saturated rings. The van der Waals surface area contributed by atoms with Gasteiger partial charge in [-0.3, -0.25) is 9.20 Å². The molecule has 2 aliphatic rings. The van der Waals surface area contributed by atoms with Crippen molar-refractivity contribution in [2.75, 3.05) is 23.3 Å². The number of pyridine rings is 1. The lowest BCUT2D eigenvalue weighted by Crippen LogP contribution is -2.42. The van der Waals surface area contributed by atoms with Crippen LogP contribution in [-0.2, 0) is 0 Å². The molecule has 0 radical (unpaired) electrons. The van der Waals surface area contributed by atoms with E-state index in [1.54, 1.807) is 22.6 Å². The smallest absolute Gasteiger partial charge is 0.337 e. The number of aromatic carboxylic acids is 1. The van der Waals surface area contributed by atoms with E-state index in [4.69, 9.17) is 4.98 Å². The van der Waals surface area contributed by atoms with E-state index >= 15 is 0 Å². The van der Waals surface area contributed by atoms with Crippen LogP contribution in [0.1, 0.15) is 60.3 Å². The van der Waals surface area contributed by atoms with Crippen molar-refractivity contribution in [3.05, 3.63) is 69.1 Å². The van der Waals surface area contributed by atoms with Gasteiger partial charge in [0.25, 0.3) is 5.56 Å². The molecule has 2 unspecified atom stereocenters. The normalized spacial score (nSPS) is 21.7. The van der Waals surface area contributed by atoms with Crippen molar-refractivity contribution >= 4 is 23.1 Å². The Labute approximate surface area is 199 Å². The number of hydrogen-bond acceptors (Lipinski definition) is 5. The minimum atomic E-state index is -0.983. The van der Waals surface area contributed by atoms with E-state index in [9.17, 15) is 14.7 Å². The first-order chi connectivity index (χ1) is 16.1. The summed E-state index contributed by atoms with van der Waals surface area (Å²) in [5, 5.41) is 12.9. The van der Waals surface area contributed by atoms with Crippen LogP contribution in [0.5, 0.6) is 0 Å². The summed E-state index contributed by atoms with van der Waals surface area (Å²) in [7, 11) is 0. The molecule has 2 aromatic heterocycles. The maximum absolute atomic E-state index is 13.4. The number of para-hydroxylation sites is 1. The molecule has 0 amide bonds. The number of aryl methyl sites for hydroxylation is 1. The van der Waals surface area contributed by atoms with Gasteiger partial charge in [0.1, 0.15) is 11.5 Å². The Balaban J connectivity index is 1.58. The second kappa shape index (κ2) is 7.86. The zero-order valence-electron chi connectivity index (χ0n) is 20.4. The highest BCUT2D eigenvalue weighted by molar-refractivity contribution is 5.94. The first-order valence-corrected chi connectivity index (χ1v) is 11.9. The second-order valence-electron chi connectivity index (χ2n) is 10.7. The number of benzene rings is 1. The van der Waals surface area contributed by atoms with Gasteiger partial charge in [-0.05, 0) is 68.2 Å². The van der Waals surface area contributed by atoms with Crippen LogP contribution in [0.25, 0.3) is 5.65 Å². The van der Waals surface area contributed by atoms with Crippen molar-refractivity contribution < 1.29 is 9.90 Å². The van der Waals surface area contributed by atoms with E-state index in [0.29, 0.717) is 34.1 Å². The SMILES string of the molecule is Cc1cc([C@@H](C)Nc2ccccc2C(=O)O)c2nc(N3CC4CC(C)(C)C4C3)c(C)c(=O)n2c1. The average molecular weight is 461 g/mol. The fourth-order valence-electron chi connectivity index (χ4n) is 6.02. The summed E-state index contributed by atoms with van der Waals surface area (Å²) in [6.07, 6.45) is 3.05. The van der Waals surface area contributed by atoms with Gasteiger partial charge in [0.05, 0.1) is 17.2 Å². The molecule has 7 nitrogen and oxygen atoms in total. The molecule has 34 heavy (non-hydrogen) atoms. The number of fused-ring (bicyclic) bond motifs is 2. The highest BCUT2D eigenvalue weighted by atomic mass is 16.4. The number of hydrogen-bond donors (Lipinski definition) is 2. The number of aromatic nitrogens is 2. The molecular formula is C27H32N4O3. The van der Waals surface area contributed by atoms with Crippen molar-refractivity contribution in [1.29, 1.82) is 0 Å². The van der Waals surface area contributed by atoms with Crippen LogP contribution in [0.3, 0.4) is 0 Å². The van der Waals surface area contributed by atoms with Crippen molar-refractivity contribution in [3.63, 3.8) is 0 Å². The molecule has 7 heteroatoms. The number of carboxylic acid groups (broad SMARTS) is 1. The number of rotatable bonds is 5. The Morgan fingerprint density at radius 1 is 1.24 bits per heavy atom. The van der Waals surface area contributed by atoms with Crippen molar-refractivity contribution in [3.8, 4) is 0 Å². The highest BCUT2D eigenvalue weighted by Crippen LogP contribution is 2.54. The Hall–Kier alpha value is -3.35. The molecule has 3 aromatic rings. The number of anilines is 2. The summed E-state index contributed by atoms with van der Waals surface area (Å²) in [5.74, 6) is 1.10. The fraction of sp³-hybridized carbons (Fsp3) is 0.444. The lowest BCUT2D eigenvalue weighted by Gasteiger charge is -2.47. The summed E-state index contributed by atoms with van der Waals surface area (Å²) in [5.41, 5.74) is 4.13. The third-order valence-electron chi connectivity index (χ3n) is 7.82. The molecule has 2 N–H and O–H groups in total. The van der Waals surface area contributed by atoms with Crippen LogP contribution in [0.15, 0.2) is 41.3 Å². The number of nitrogens with one attached hydrogen (secondary N) is 1. The zero-order chi connectivity index (χ0) is 24.4. The van der Waals surface area contributed by atoms with Crippen LogP contribution in [0.2, 0.25) is 0 Å². The number of carboxylic acids is 1. The Morgan fingerprint density at radius 2 is 1.97 bits per heavy atom. The molecular weight excluding hydrogens is 428 g/mol. The molecule has 0 bridgehead atoms. The summed E-state index contributed by atoms with van der Waals surface area (Å²) in [4.78, 5) is 32.5. The van der Waals surface area contributed by atoms with Crippen LogP contribution in [0.4, 0.5) is 11.5 Å². The zero-order valence-corrected chi connectivity index (χ0v) is 20.4. The molecule has 178 valence electrons. The van der Waals surface area contributed by atoms with E-state index in [-0.39, 0.29) is 17.2 Å². The largest absolute Gasteiger partial charge is 0.478 e. The molecule has 3 heterocycles. The minimum absolute atomic E-state index is 0.0541. The molecule has 1 aromatic carbocycles. The summed E-state index contributed by atoms with van der Waals surface area (Å²) >= 11 is 0. The number of carbonyl (C=O) groups is 1. The Kier molecular flexibility index (Phi) is 5.19. The predicted octanol–water partition coefficient (Wildman–Crippen LogP) is 4.66. The highest BCUT2D eigenvalue weighted by Gasteiger charge is 2.52. The standard InChI is InChI=1S/C27H32N4O3/c1-15-10-20(17(3)28-22-9-7-6-8-19(22)26(33)34)24-29-23(16(2)25(32)31(24)12-15)30-13-18-11-27(4,5)21(18)14-30/h6-10,12,17-18,21,28H,11,13-14H2,1-5H3,(H,33,34)/t17-,18?,21?/m1/s1. The Bertz CT molecular complexity index is 1360. The van der Waals surface area contributed by atoms with Gasteiger partial charge in [0.2, 0.25) is 0 Å². The van der Waals surface area contributed by atoms with Gasteiger partial charge in [-0.1, -0.05) is 26.0 Å².